The summed E-state index contributed by atoms with van der Waals surface area (Å²) in [6, 6.07) is -0.685. The van der Waals surface area contributed by atoms with E-state index in [0.29, 0.717) is 26.1 Å². The van der Waals surface area contributed by atoms with E-state index in [0.717, 1.165) is 5.75 Å². The summed E-state index contributed by atoms with van der Waals surface area (Å²) in [5, 5.41) is 5.98. The molecule has 0 saturated heterocycles. The number of carbonyl (C=O) groups excluding carboxylic acids is 2. The van der Waals surface area contributed by atoms with Gasteiger partial charge < -0.3 is 26.8 Å². The average Bonchev–Trinajstić information content (AvgIpc) is 2.59. The lowest BCUT2D eigenvalue weighted by molar-refractivity contribution is -0.145. The van der Waals surface area contributed by atoms with Gasteiger partial charge in [0.05, 0.1) is 13.0 Å². The van der Waals surface area contributed by atoms with E-state index in [1.54, 1.807) is 11.8 Å². The number of carbonyl (C=O) groups is 2. The third-order valence-corrected chi connectivity index (χ3v) is 4.39. The fourth-order valence-electron chi connectivity index (χ4n) is 2.16. The van der Waals surface area contributed by atoms with Crippen LogP contribution in [-0.2, 0) is 14.3 Å². The number of hydrogen-bond donors (Lipinski definition) is 4. The molecule has 0 bridgehead atoms. The lowest BCUT2D eigenvalue weighted by atomic mass is 9.94. The number of methoxy groups -OCH3 is 1. The topological polar surface area (TPSA) is 119 Å². The lowest BCUT2D eigenvalue weighted by Gasteiger charge is -2.21. The van der Waals surface area contributed by atoms with E-state index in [9.17, 15) is 9.59 Å². The van der Waals surface area contributed by atoms with E-state index in [4.69, 9.17) is 16.2 Å². The molecule has 0 spiro atoms. The molecular weight excluding hydrogens is 340 g/mol. The molecule has 0 rings (SSSR count). The van der Waals surface area contributed by atoms with Crippen molar-refractivity contribution in [1.82, 2.24) is 10.6 Å². The zero-order valence-corrected chi connectivity index (χ0v) is 16.6. The molecule has 8 heteroatoms. The first-order valence-electron chi connectivity index (χ1n) is 8.57. The quantitative estimate of drug-likeness (QED) is 0.205. The molecule has 0 aromatic carbocycles. The molecule has 3 atom stereocenters. The minimum Gasteiger partial charge on any atom is -0.467 e. The minimum absolute atomic E-state index is 0.0742. The number of nitrogens with one attached hydrogen (secondary N) is 2. The van der Waals surface area contributed by atoms with Crippen molar-refractivity contribution in [3.63, 3.8) is 0 Å². The number of thioether (sulfide) groups is 1. The molecule has 146 valence electrons. The Bertz CT molecular complexity index is 419. The number of hydrogen-bond acceptors (Lipinski definition) is 7. The average molecular weight is 375 g/mol. The zero-order chi connectivity index (χ0) is 19.2. The van der Waals surface area contributed by atoms with Crippen molar-refractivity contribution >= 4 is 23.6 Å². The van der Waals surface area contributed by atoms with Gasteiger partial charge in [0.25, 0.3) is 0 Å². The van der Waals surface area contributed by atoms with Gasteiger partial charge in [-0.25, -0.2) is 4.79 Å². The summed E-state index contributed by atoms with van der Waals surface area (Å²) in [6.07, 6.45) is 6.28. The number of rotatable bonds is 13. The van der Waals surface area contributed by atoms with Crippen LogP contribution in [0, 0.1) is 11.8 Å². The van der Waals surface area contributed by atoms with Crippen molar-refractivity contribution in [1.29, 1.82) is 0 Å². The second-order valence-corrected chi connectivity index (χ2v) is 7.20. The van der Waals surface area contributed by atoms with Crippen LogP contribution in [-0.4, -0.2) is 62.7 Å². The van der Waals surface area contributed by atoms with Crippen molar-refractivity contribution < 1.29 is 14.3 Å². The molecule has 0 aliphatic carbocycles. The summed E-state index contributed by atoms with van der Waals surface area (Å²) in [6.45, 7) is 5.61. The molecule has 0 heterocycles. The summed E-state index contributed by atoms with van der Waals surface area (Å²) in [4.78, 5) is 24.4. The first kappa shape index (κ1) is 23.9. The molecule has 1 amide bonds. The summed E-state index contributed by atoms with van der Waals surface area (Å²) < 4.78 is 4.78. The van der Waals surface area contributed by atoms with E-state index in [1.165, 1.54) is 7.11 Å². The summed E-state index contributed by atoms with van der Waals surface area (Å²) in [7, 11) is 1.33. The largest absolute Gasteiger partial charge is 0.467 e. The van der Waals surface area contributed by atoms with Crippen LogP contribution in [0.5, 0.6) is 0 Å². The molecule has 0 aromatic rings. The van der Waals surface area contributed by atoms with Crippen molar-refractivity contribution in [3.8, 4) is 0 Å². The Morgan fingerprint density at radius 2 is 2.00 bits per heavy atom. The molecule has 25 heavy (non-hydrogen) atoms. The van der Waals surface area contributed by atoms with Crippen molar-refractivity contribution in [2.75, 3.05) is 38.8 Å². The van der Waals surface area contributed by atoms with Crippen LogP contribution >= 0.6 is 11.8 Å². The first-order valence-corrected chi connectivity index (χ1v) is 9.96. The van der Waals surface area contributed by atoms with Crippen LogP contribution in [0.1, 0.15) is 20.3 Å². The number of ether oxygens (including phenoxy) is 1. The van der Waals surface area contributed by atoms with Crippen molar-refractivity contribution in [2.45, 2.75) is 32.4 Å². The second-order valence-electron chi connectivity index (χ2n) is 6.22. The van der Waals surface area contributed by atoms with Crippen molar-refractivity contribution in [2.24, 2.45) is 23.3 Å². The number of esters is 1. The fourth-order valence-corrected chi connectivity index (χ4v) is 2.63. The maximum atomic E-state index is 12.6. The van der Waals surface area contributed by atoms with Gasteiger partial charge in [0.1, 0.15) is 6.04 Å². The lowest BCUT2D eigenvalue weighted by Crippen LogP contribution is -2.45. The molecule has 6 N–H and O–H groups in total. The molecular formula is C17H34N4O3S. The van der Waals surface area contributed by atoms with Gasteiger partial charge in [0.2, 0.25) is 5.91 Å². The Hall–Kier alpha value is -1.09. The SMILES string of the molecule is COC(=O)[C@H](CCSC)NC(=O)C(/C=C/CNC[C@@H](N)CN)C(C)C. The summed E-state index contributed by atoms with van der Waals surface area (Å²) in [5.74, 6) is -0.00589. The highest BCUT2D eigenvalue weighted by Gasteiger charge is 2.26. The molecule has 0 fully saturated rings. The van der Waals surface area contributed by atoms with Gasteiger partial charge >= 0.3 is 5.97 Å². The standard InChI is InChI=1S/C17H34N4O3S/c1-12(2)14(6-5-8-20-11-13(19)10-18)16(22)21-15(7-9-25-4)17(23)24-3/h5-6,12-15,20H,7-11,18-19H2,1-4H3,(H,21,22)/b6-5+/t13-,14?,15-/m0/s1. The number of nitrogens with two attached hydrogens (primary N) is 2. The molecule has 0 aromatic heterocycles. The maximum absolute atomic E-state index is 12.6. The Labute approximate surface area is 155 Å². The van der Waals surface area contributed by atoms with Crippen LogP contribution in [0.3, 0.4) is 0 Å². The normalized spacial score (nSPS) is 15.2. The summed E-state index contributed by atoms with van der Waals surface area (Å²) in [5.41, 5.74) is 11.2. The van der Waals surface area contributed by atoms with Crippen LogP contribution < -0.4 is 22.1 Å². The molecule has 1 unspecified atom stereocenters. The fraction of sp³-hybridized carbons (Fsp3) is 0.765. The number of amides is 1. The Balaban J connectivity index is 4.66. The highest BCUT2D eigenvalue weighted by Crippen LogP contribution is 2.14. The van der Waals surface area contributed by atoms with E-state index in [2.05, 4.69) is 10.6 Å². The van der Waals surface area contributed by atoms with Gasteiger partial charge in [-0.3, -0.25) is 4.79 Å². The van der Waals surface area contributed by atoms with Crippen LogP contribution in [0.25, 0.3) is 0 Å². The van der Waals surface area contributed by atoms with Gasteiger partial charge in [-0.2, -0.15) is 11.8 Å². The molecule has 7 nitrogen and oxygen atoms in total. The van der Waals surface area contributed by atoms with Gasteiger partial charge in [0.15, 0.2) is 0 Å². The van der Waals surface area contributed by atoms with Gasteiger partial charge in [-0.1, -0.05) is 26.0 Å². The molecule has 0 radical (unpaired) electrons. The Kier molecular flexibility index (Phi) is 13.5. The molecule has 0 saturated carbocycles. The van der Waals surface area contributed by atoms with Gasteiger partial charge in [-0.15, -0.1) is 0 Å². The molecule has 0 aliphatic rings. The minimum atomic E-state index is -0.611. The maximum Gasteiger partial charge on any atom is 0.328 e. The van der Waals surface area contributed by atoms with Crippen molar-refractivity contribution in [3.05, 3.63) is 12.2 Å². The highest BCUT2D eigenvalue weighted by molar-refractivity contribution is 7.98. The summed E-state index contributed by atoms with van der Waals surface area (Å²) >= 11 is 1.62. The van der Waals surface area contributed by atoms with Crippen LogP contribution in [0.15, 0.2) is 12.2 Å². The van der Waals surface area contributed by atoms with E-state index < -0.39 is 12.0 Å². The Morgan fingerprint density at radius 1 is 1.32 bits per heavy atom. The highest BCUT2D eigenvalue weighted by atomic mass is 32.2. The first-order chi connectivity index (χ1) is 11.9. The van der Waals surface area contributed by atoms with Crippen LogP contribution in [0.2, 0.25) is 0 Å². The van der Waals surface area contributed by atoms with E-state index in [-0.39, 0.29) is 23.8 Å². The van der Waals surface area contributed by atoms with Gasteiger partial charge in [-0.05, 0) is 24.3 Å². The van der Waals surface area contributed by atoms with E-state index in [1.807, 2.05) is 32.3 Å². The van der Waals surface area contributed by atoms with Crippen LogP contribution in [0.4, 0.5) is 0 Å². The van der Waals surface area contributed by atoms with Gasteiger partial charge in [0, 0.05) is 25.7 Å². The zero-order valence-electron chi connectivity index (χ0n) is 15.8. The predicted octanol–water partition coefficient (Wildman–Crippen LogP) is 0.101. The molecule has 0 aliphatic heterocycles. The third-order valence-electron chi connectivity index (χ3n) is 3.75. The monoisotopic (exact) mass is 374 g/mol. The smallest absolute Gasteiger partial charge is 0.328 e. The second kappa shape index (κ2) is 14.1. The third kappa shape index (κ3) is 10.5. The van der Waals surface area contributed by atoms with E-state index >= 15 is 0 Å². The predicted molar refractivity (Wildman–Crippen MR) is 104 cm³/mol. The Morgan fingerprint density at radius 3 is 2.52 bits per heavy atom.